The van der Waals surface area contributed by atoms with E-state index in [1.165, 1.54) is 18.6 Å². The van der Waals surface area contributed by atoms with Gasteiger partial charge in [0.15, 0.2) is 17.5 Å². The van der Waals surface area contributed by atoms with Crippen LogP contribution in [0.3, 0.4) is 0 Å². The normalized spacial score (nSPS) is 11.2. The van der Waals surface area contributed by atoms with Crippen LogP contribution in [-0.4, -0.2) is 0 Å². The third-order valence-electron chi connectivity index (χ3n) is 7.44. The van der Waals surface area contributed by atoms with Crippen LogP contribution in [0, 0.1) is 47.9 Å². The maximum Gasteiger partial charge on any atom is 0.429 e. The molecule has 1 nitrogen and oxygen atoms in total. The lowest BCUT2D eigenvalue weighted by molar-refractivity contribution is -0.187. The Hall–Kier alpha value is -5.03. The lowest BCUT2D eigenvalue weighted by Crippen LogP contribution is -2.24. The molecule has 0 spiro atoms. The fourth-order valence-corrected chi connectivity index (χ4v) is 4.88. The van der Waals surface area contributed by atoms with Gasteiger partial charge in [0.1, 0.15) is 22.9 Å². The summed E-state index contributed by atoms with van der Waals surface area (Å²) in [6.07, 6.45) is -1.09. The van der Waals surface area contributed by atoms with Gasteiger partial charge in [-0.1, -0.05) is 73.7 Å². The average molecular weight is 633 g/mol. The minimum Gasteiger partial charge on any atom is -0.429 e. The minimum atomic E-state index is -4.33. The highest BCUT2D eigenvalue weighted by atomic mass is 19.3. The van der Waals surface area contributed by atoms with E-state index in [-0.39, 0.29) is 29.1 Å². The van der Waals surface area contributed by atoms with E-state index in [2.05, 4.69) is 35.6 Å². The van der Waals surface area contributed by atoms with Gasteiger partial charge in [0.25, 0.3) is 0 Å². The first-order valence-electron chi connectivity index (χ1n) is 14.5. The Morgan fingerprint density at radius 2 is 1.28 bits per heavy atom. The molecule has 5 aromatic rings. The Kier molecular flexibility index (Phi) is 9.52. The molecule has 5 aromatic carbocycles. The van der Waals surface area contributed by atoms with E-state index in [4.69, 9.17) is 0 Å². The predicted octanol–water partition coefficient (Wildman–Crippen LogP) is 10.9. The highest BCUT2D eigenvalue weighted by Gasteiger charge is 2.38. The number of aryl methyl sites for hydroxylation is 2. The predicted molar refractivity (Wildman–Crippen MR) is 164 cm³/mol. The molecule has 0 amide bonds. The second-order valence-electron chi connectivity index (χ2n) is 10.8. The Morgan fingerprint density at radius 1 is 0.652 bits per heavy atom. The molecule has 46 heavy (non-hydrogen) atoms. The molecular weight excluding hydrogens is 605 g/mol. The summed E-state index contributed by atoms with van der Waals surface area (Å²) in [6, 6.07) is 22.0. The van der Waals surface area contributed by atoms with Crippen molar-refractivity contribution in [2.24, 2.45) is 0 Å². The van der Waals surface area contributed by atoms with Crippen LogP contribution in [0.1, 0.15) is 47.6 Å². The van der Waals surface area contributed by atoms with Crippen LogP contribution in [0.2, 0.25) is 0 Å². The van der Waals surface area contributed by atoms with Crippen LogP contribution < -0.4 is 4.74 Å². The van der Waals surface area contributed by atoms with Gasteiger partial charge in [0, 0.05) is 28.8 Å². The van der Waals surface area contributed by atoms with E-state index in [1.807, 2.05) is 18.2 Å². The van der Waals surface area contributed by atoms with E-state index in [1.54, 1.807) is 30.3 Å². The van der Waals surface area contributed by atoms with E-state index in [0.717, 1.165) is 42.5 Å². The molecule has 0 N–H and O–H groups in total. The highest BCUT2D eigenvalue weighted by molar-refractivity contribution is 5.71. The van der Waals surface area contributed by atoms with Crippen molar-refractivity contribution in [2.75, 3.05) is 0 Å². The zero-order valence-corrected chi connectivity index (χ0v) is 24.8. The van der Waals surface area contributed by atoms with Gasteiger partial charge in [-0.25, -0.2) is 22.0 Å². The van der Waals surface area contributed by atoms with E-state index in [0.29, 0.717) is 16.7 Å². The molecule has 5 rings (SSSR count). The fourth-order valence-electron chi connectivity index (χ4n) is 4.88. The Balaban J connectivity index is 1.30. The zero-order valence-electron chi connectivity index (χ0n) is 24.8. The van der Waals surface area contributed by atoms with Crippen LogP contribution in [-0.2, 0) is 12.5 Å². The molecule has 0 radical (unpaired) electrons. The first-order chi connectivity index (χ1) is 21.9. The van der Waals surface area contributed by atoms with Gasteiger partial charge < -0.3 is 4.74 Å². The lowest BCUT2D eigenvalue weighted by Gasteiger charge is -2.20. The lowest BCUT2D eigenvalue weighted by atomic mass is 9.97. The van der Waals surface area contributed by atoms with Gasteiger partial charge in [-0.3, -0.25) is 0 Å². The number of hydrogen-bond acceptors (Lipinski definition) is 1. The van der Waals surface area contributed by atoms with Crippen LogP contribution >= 0.6 is 0 Å². The van der Waals surface area contributed by atoms with Gasteiger partial charge >= 0.3 is 6.11 Å². The molecule has 234 valence electrons. The van der Waals surface area contributed by atoms with Gasteiger partial charge in [-0.15, -0.1) is 0 Å². The molecule has 0 aliphatic heterocycles. The molecule has 0 saturated heterocycles. The van der Waals surface area contributed by atoms with Crippen molar-refractivity contribution in [1.82, 2.24) is 0 Å². The number of unbranched alkanes of at least 4 members (excludes halogenated alkanes) is 1. The molecule has 0 atom stereocenters. The van der Waals surface area contributed by atoms with Crippen molar-refractivity contribution < 1.29 is 35.5 Å². The molecule has 0 aliphatic carbocycles. The molecule has 8 heteroatoms. The standard InChI is InChI=1S/C38H27F7O/c1-3-4-5-24-6-11-26(12-7-24)29-16-17-31(33(39)20-29)27-13-8-25(9-14-27)10-15-28-19-34(40)32(18-23(28)2)38(44,45)46-30-21-35(41)37(43)36(42)22-30/h6-9,11-14,16-22H,3-5H2,1-2H3. The van der Waals surface area contributed by atoms with Crippen molar-refractivity contribution in [1.29, 1.82) is 0 Å². The average Bonchev–Trinajstić information content (AvgIpc) is 3.03. The van der Waals surface area contributed by atoms with E-state index >= 15 is 4.39 Å². The van der Waals surface area contributed by atoms with Crippen LogP contribution in [0.15, 0.2) is 91.0 Å². The van der Waals surface area contributed by atoms with E-state index in [9.17, 15) is 26.3 Å². The molecule has 0 unspecified atom stereocenters. The molecule has 0 fully saturated rings. The van der Waals surface area contributed by atoms with Crippen molar-refractivity contribution in [3.63, 3.8) is 0 Å². The van der Waals surface area contributed by atoms with Crippen LogP contribution in [0.4, 0.5) is 30.7 Å². The second kappa shape index (κ2) is 13.5. The maximum atomic E-state index is 15.1. The SMILES string of the molecule is CCCCc1ccc(-c2ccc(-c3ccc(C#Cc4cc(F)c(C(F)(F)Oc5cc(F)c(F)c(F)c5)cc4C)cc3)c(F)c2)cc1. The number of benzene rings is 5. The first kappa shape index (κ1) is 32.4. The van der Waals surface area contributed by atoms with Crippen LogP contribution in [0.25, 0.3) is 22.3 Å². The molecule has 0 bridgehead atoms. The molecular formula is C38H27F7O. The second-order valence-corrected chi connectivity index (χ2v) is 10.8. The fraction of sp³-hybridized carbons (Fsp3) is 0.158. The maximum absolute atomic E-state index is 15.1. The summed E-state index contributed by atoms with van der Waals surface area (Å²) in [6.45, 7) is 3.57. The summed E-state index contributed by atoms with van der Waals surface area (Å²) in [4.78, 5) is 0. The molecule has 0 aliphatic rings. The molecule has 0 heterocycles. The quantitative estimate of drug-likeness (QED) is 0.0940. The first-order valence-corrected chi connectivity index (χ1v) is 14.5. The summed E-state index contributed by atoms with van der Waals surface area (Å²) in [5.74, 6) is -2.51. The van der Waals surface area contributed by atoms with Crippen molar-refractivity contribution in [3.8, 4) is 39.8 Å². The van der Waals surface area contributed by atoms with Gasteiger partial charge in [-0.05, 0) is 77.9 Å². The summed E-state index contributed by atoms with van der Waals surface area (Å²) < 4.78 is 104. The summed E-state index contributed by atoms with van der Waals surface area (Å²) >= 11 is 0. The summed E-state index contributed by atoms with van der Waals surface area (Å²) in [7, 11) is 0. The highest BCUT2D eigenvalue weighted by Crippen LogP contribution is 2.35. The van der Waals surface area contributed by atoms with Gasteiger partial charge in [0.2, 0.25) is 0 Å². The van der Waals surface area contributed by atoms with Crippen molar-refractivity contribution in [2.45, 2.75) is 39.2 Å². The van der Waals surface area contributed by atoms with E-state index < -0.39 is 40.7 Å². The van der Waals surface area contributed by atoms with Crippen molar-refractivity contribution >= 4 is 0 Å². The Morgan fingerprint density at radius 3 is 1.91 bits per heavy atom. The number of alkyl halides is 2. The largest absolute Gasteiger partial charge is 0.429 e. The monoisotopic (exact) mass is 632 g/mol. The smallest absolute Gasteiger partial charge is 0.429 e. The number of rotatable bonds is 8. The minimum absolute atomic E-state index is 0.111. The topological polar surface area (TPSA) is 9.23 Å². The number of hydrogen-bond donors (Lipinski definition) is 0. The summed E-state index contributed by atoms with van der Waals surface area (Å²) in [5, 5.41) is 0. The number of halogens is 7. The van der Waals surface area contributed by atoms with Gasteiger partial charge in [-0.2, -0.15) is 8.78 Å². The number of ether oxygens (including phenoxy) is 1. The molecule has 0 aromatic heterocycles. The Bertz CT molecular complexity index is 1910. The summed E-state index contributed by atoms with van der Waals surface area (Å²) in [5.41, 5.74) is 3.58. The zero-order chi connectivity index (χ0) is 33.0. The third kappa shape index (κ3) is 7.26. The van der Waals surface area contributed by atoms with Crippen molar-refractivity contribution in [3.05, 3.63) is 148 Å². The van der Waals surface area contributed by atoms with Crippen LogP contribution in [0.5, 0.6) is 5.75 Å². The third-order valence-corrected chi connectivity index (χ3v) is 7.44. The van der Waals surface area contributed by atoms with Gasteiger partial charge in [0.05, 0.1) is 0 Å². The molecule has 0 saturated carbocycles. The Labute approximate surface area is 262 Å².